The normalized spacial score (nSPS) is 30.3. The monoisotopic (exact) mass is 798 g/mol. The zero-order valence-corrected chi connectivity index (χ0v) is 31.3. The summed E-state index contributed by atoms with van der Waals surface area (Å²) in [6.45, 7) is -0.195. The summed E-state index contributed by atoms with van der Waals surface area (Å²) in [7, 11) is 0. The molecular weight excluding hydrogens is 752 g/mol. The number of para-hydroxylation sites is 1. The number of phenolic OH excluding ortho intramolecular Hbond substituents is 2. The lowest BCUT2D eigenvalue weighted by atomic mass is 9.56. The second kappa shape index (κ2) is 15.4. The molecule has 2 fully saturated rings. The van der Waals surface area contributed by atoms with Gasteiger partial charge in [-0.3, -0.25) is 9.69 Å². The summed E-state index contributed by atoms with van der Waals surface area (Å²) in [4.78, 5) is 36.1. The number of rotatable bonds is 10. The number of amides is 1. The standard InChI is InChI=1S/C42H46N4O12/c47-20-34-37(51)38(52)39(53)42(56,58-34)57-33-16-30-26(15-32(33)49)27(17-41-12-4-3-5-24(41)18-44-29-7-2-1-6-28(29)41)36(40(54)55)46(30)35(50)11-9-22-8-10-31(48)23(13-22)14-25-19-43-21-45-25/h1-2,6-11,13,15-16,19,21,24,27,34,36-39,44,47-49,51-53,56H,3-5,12,14,17-18,20H2,(H,43,45)(H,54,55). The molecule has 8 rings (SSSR count). The summed E-state index contributed by atoms with van der Waals surface area (Å²) in [5, 5.41) is 89.0. The number of carbonyl (C=O) groups excluding carboxylic acids is 1. The Morgan fingerprint density at radius 1 is 1.03 bits per heavy atom. The minimum absolute atomic E-state index is 0.0357. The number of phenols is 2. The molecule has 3 aliphatic heterocycles. The maximum absolute atomic E-state index is 14.5. The van der Waals surface area contributed by atoms with Crippen LogP contribution in [-0.2, 0) is 26.2 Å². The third-order valence-corrected chi connectivity index (χ3v) is 12.4. The van der Waals surface area contributed by atoms with Gasteiger partial charge in [0.1, 0.15) is 30.1 Å². The van der Waals surface area contributed by atoms with Crippen LogP contribution in [0.2, 0.25) is 0 Å². The van der Waals surface area contributed by atoms with Crippen LogP contribution in [0.5, 0.6) is 17.2 Å². The summed E-state index contributed by atoms with van der Waals surface area (Å²) in [6.07, 6.45) is 2.40. The van der Waals surface area contributed by atoms with Crippen LogP contribution < -0.4 is 15.0 Å². The fourth-order valence-electron chi connectivity index (χ4n) is 9.51. The minimum atomic E-state index is -3.10. The lowest BCUT2D eigenvalue weighted by molar-refractivity contribution is -0.422. The Labute approximate surface area is 332 Å². The Kier molecular flexibility index (Phi) is 10.4. The van der Waals surface area contributed by atoms with E-state index in [1.165, 1.54) is 36.7 Å². The van der Waals surface area contributed by atoms with Crippen LogP contribution in [0.15, 0.2) is 73.2 Å². The number of aliphatic hydroxyl groups is 5. The number of aromatic nitrogens is 2. The van der Waals surface area contributed by atoms with Gasteiger partial charge in [0, 0.05) is 59.6 Å². The van der Waals surface area contributed by atoms with Gasteiger partial charge in [-0.15, -0.1) is 0 Å². The molecule has 16 nitrogen and oxygen atoms in total. The fourth-order valence-corrected chi connectivity index (χ4v) is 9.51. The number of aliphatic hydroxyl groups excluding tert-OH is 4. The van der Waals surface area contributed by atoms with Crippen molar-refractivity contribution in [1.29, 1.82) is 0 Å². The zero-order chi connectivity index (χ0) is 40.9. The fraction of sp³-hybridized carbons (Fsp3) is 0.405. The van der Waals surface area contributed by atoms with Gasteiger partial charge in [0.05, 0.1) is 18.6 Å². The lowest BCUT2D eigenvalue weighted by Gasteiger charge is -2.50. The first-order valence-corrected chi connectivity index (χ1v) is 19.3. The Morgan fingerprint density at radius 2 is 1.84 bits per heavy atom. The average Bonchev–Trinajstić information content (AvgIpc) is 3.84. The highest BCUT2D eigenvalue weighted by molar-refractivity contribution is 6.10. The largest absolute Gasteiger partial charge is 0.508 e. The minimum Gasteiger partial charge on any atom is -0.508 e. The van der Waals surface area contributed by atoms with Crippen LogP contribution in [-0.4, -0.2) is 112 Å². The van der Waals surface area contributed by atoms with Crippen molar-refractivity contribution in [2.45, 2.75) is 86.3 Å². The van der Waals surface area contributed by atoms with Gasteiger partial charge < -0.3 is 60.6 Å². The quantitative estimate of drug-likeness (QED) is 0.0817. The van der Waals surface area contributed by atoms with Gasteiger partial charge in [0.25, 0.3) is 5.91 Å². The molecule has 9 atom stereocenters. The smallest absolute Gasteiger partial charge is 0.355 e. The second-order valence-corrected chi connectivity index (χ2v) is 15.7. The molecule has 0 radical (unpaired) electrons. The van der Waals surface area contributed by atoms with Crippen LogP contribution in [0.4, 0.5) is 11.4 Å². The van der Waals surface area contributed by atoms with Gasteiger partial charge in [-0.05, 0) is 72.2 Å². The highest BCUT2D eigenvalue weighted by Crippen LogP contribution is 2.58. The van der Waals surface area contributed by atoms with Crippen LogP contribution >= 0.6 is 0 Å². The molecule has 4 aliphatic rings. The van der Waals surface area contributed by atoms with Crippen LogP contribution in [0.25, 0.3) is 6.08 Å². The summed E-state index contributed by atoms with van der Waals surface area (Å²) >= 11 is 0. The Morgan fingerprint density at radius 3 is 2.60 bits per heavy atom. The third-order valence-electron chi connectivity index (χ3n) is 12.4. The number of aliphatic carboxylic acids is 1. The maximum Gasteiger partial charge on any atom is 0.355 e. The second-order valence-electron chi connectivity index (χ2n) is 15.7. The first kappa shape index (κ1) is 39.3. The molecule has 3 aromatic carbocycles. The number of aromatic amines is 1. The molecule has 9 unspecified atom stereocenters. The highest BCUT2D eigenvalue weighted by Gasteiger charge is 2.57. The van der Waals surface area contributed by atoms with Crippen molar-refractivity contribution >= 4 is 29.3 Å². The summed E-state index contributed by atoms with van der Waals surface area (Å²) in [5.74, 6) is -6.93. The predicted molar refractivity (Wildman–Crippen MR) is 207 cm³/mol. The van der Waals surface area contributed by atoms with Crippen molar-refractivity contribution in [2.24, 2.45) is 5.92 Å². The van der Waals surface area contributed by atoms with Gasteiger partial charge in [-0.1, -0.05) is 37.1 Å². The molecular formula is C42H46N4O12. The molecule has 16 heteroatoms. The van der Waals surface area contributed by atoms with E-state index < -0.39 is 77.7 Å². The van der Waals surface area contributed by atoms with Gasteiger partial charge in [0.2, 0.25) is 0 Å². The molecule has 58 heavy (non-hydrogen) atoms. The zero-order valence-electron chi connectivity index (χ0n) is 31.3. The molecule has 4 aromatic rings. The lowest BCUT2D eigenvalue weighted by Crippen LogP contribution is -2.67. The molecule has 10 N–H and O–H groups in total. The van der Waals surface area contributed by atoms with Crippen molar-refractivity contribution in [1.82, 2.24) is 9.97 Å². The van der Waals surface area contributed by atoms with Crippen LogP contribution in [0.1, 0.15) is 66.0 Å². The molecule has 1 saturated carbocycles. The number of imidazole rings is 1. The van der Waals surface area contributed by atoms with Gasteiger partial charge in [0.15, 0.2) is 17.6 Å². The number of fused-ring (bicyclic) bond motifs is 4. The van der Waals surface area contributed by atoms with Gasteiger partial charge in [-0.2, -0.15) is 0 Å². The van der Waals surface area contributed by atoms with Gasteiger partial charge in [-0.25, -0.2) is 9.78 Å². The molecule has 1 saturated heterocycles. The Bertz CT molecular complexity index is 2210. The first-order valence-electron chi connectivity index (χ1n) is 19.3. The van der Waals surface area contributed by atoms with E-state index in [0.29, 0.717) is 36.1 Å². The number of carbonyl (C=O) groups is 2. The number of carboxylic acids is 1. The predicted octanol–water partition coefficient (Wildman–Crippen LogP) is 2.45. The number of nitrogens with one attached hydrogen (secondary N) is 2. The number of aromatic hydroxyl groups is 2. The van der Waals surface area contributed by atoms with Gasteiger partial charge >= 0.3 is 11.9 Å². The molecule has 0 spiro atoms. The van der Waals surface area contributed by atoms with Crippen molar-refractivity contribution in [3.05, 3.63) is 101 Å². The van der Waals surface area contributed by atoms with Crippen molar-refractivity contribution in [3.63, 3.8) is 0 Å². The maximum atomic E-state index is 14.5. The number of ether oxygens (including phenoxy) is 2. The number of H-pyrrole nitrogens is 1. The number of anilines is 2. The van der Waals surface area contributed by atoms with Crippen molar-refractivity contribution in [3.8, 4) is 17.2 Å². The van der Waals surface area contributed by atoms with E-state index in [0.717, 1.165) is 47.5 Å². The molecule has 1 aliphatic carbocycles. The topological polar surface area (TPSA) is 258 Å². The Balaban J connectivity index is 1.21. The van der Waals surface area contributed by atoms with E-state index in [4.69, 9.17) is 9.47 Å². The molecule has 0 bridgehead atoms. The van der Waals surface area contributed by atoms with Crippen LogP contribution in [0, 0.1) is 5.92 Å². The first-order chi connectivity index (χ1) is 27.8. The number of hydrogen-bond acceptors (Lipinski definition) is 13. The van der Waals surface area contributed by atoms with E-state index in [2.05, 4.69) is 21.4 Å². The number of carboxylic acid groups (broad SMARTS) is 1. The van der Waals surface area contributed by atoms with E-state index >= 15 is 0 Å². The van der Waals surface area contributed by atoms with E-state index in [1.807, 2.05) is 18.2 Å². The van der Waals surface area contributed by atoms with Crippen LogP contribution in [0.3, 0.4) is 0 Å². The van der Waals surface area contributed by atoms with E-state index in [1.54, 1.807) is 18.3 Å². The molecule has 1 amide bonds. The number of benzene rings is 3. The SMILES string of the molecule is O=C(O)C1C(CC23CCCCC2CNc2ccccc23)c2cc(O)c(OC3(O)OC(CO)C(O)C(O)C3O)cc2N1C(=O)C=Cc1ccc(O)c(Cc2cnc[nH]2)c1. The summed E-state index contributed by atoms with van der Waals surface area (Å²) in [5.41, 5.74) is 3.78. The average molecular weight is 799 g/mol. The Hall–Kier alpha value is -5.49. The summed E-state index contributed by atoms with van der Waals surface area (Å²) in [6, 6.07) is 13.7. The van der Waals surface area contributed by atoms with E-state index in [-0.39, 0.29) is 17.4 Å². The van der Waals surface area contributed by atoms with Crippen molar-refractivity contribution < 1.29 is 59.9 Å². The molecule has 1 aromatic heterocycles. The summed E-state index contributed by atoms with van der Waals surface area (Å²) < 4.78 is 10.9. The van der Waals surface area contributed by atoms with Crippen molar-refractivity contribution in [2.75, 3.05) is 23.4 Å². The third kappa shape index (κ3) is 6.84. The van der Waals surface area contributed by atoms with E-state index in [9.17, 15) is 50.4 Å². The highest BCUT2D eigenvalue weighted by atomic mass is 16.8. The number of hydrogen-bond donors (Lipinski definition) is 10. The molecule has 306 valence electrons. The molecule has 4 heterocycles. The number of nitrogens with zero attached hydrogens (tertiary/aromatic N) is 2.